The van der Waals surface area contributed by atoms with Crippen LogP contribution in [0.4, 0.5) is 5.69 Å². The lowest BCUT2D eigenvalue weighted by Gasteiger charge is -2.19. The average molecular weight is 526 g/mol. The third-order valence-electron chi connectivity index (χ3n) is 5.84. The molecule has 3 rings (SSSR count). The predicted octanol–water partition coefficient (Wildman–Crippen LogP) is 2.92. The maximum atomic E-state index is 12.4. The molecule has 0 spiro atoms. The number of aromatic hydroxyl groups is 1. The minimum Gasteiger partial charge on any atom is -0.506 e. The van der Waals surface area contributed by atoms with Gasteiger partial charge in [-0.2, -0.15) is 0 Å². The van der Waals surface area contributed by atoms with Gasteiger partial charge in [0, 0.05) is 19.1 Å². The molecule has 0 unspecified atom stereocenters. The van der Waals surface area contributed by atoms with Gasteiger partial charge in [-0.05, 0) is 54.2 Å². The van der Waals surface area contributed by atoms with Gasteiger partial charge in [0.05, 0.1) is 24.5 Å². The smallest absolute Gasteiger partial charge is 0.229 e. The Balaban J connectivity index is 1.47. The highest BCUT2D eigenvalue weighted by atomic mass is 32.2. The van der Waals surface area contributed by atoms with Gasteiger partial charge in [0.2, 0.25) is 15.9 Å². The molecule has 0 aliphatic heterocycles. The van der Waals surface area contributed by atoms with Crippen molar-refractivity contribution in [3.05, 3.63) is 95.1 Å². The van der Waals surface area contributed by atoms with Crippen LogP contribution in [-0.2, 0) is 34.1 Å². The van der Waals surface area contributed by atoms with Crippen molar-refractivity contribution < 1.29 is 23.4 Å². The molecule has 0 heterocycles. The van der Waals surface area contributed by atoms with Crippen molar-refractivity contribution in [1.29, 1.82) is 0 Å². The molecule has 5 N–H and O–H groups in total. The van der Waals surface area contributed by atoms with Crippen molar-refractivity contribution in [1.82, 2.24) is 10.6 Å². The molecule has 0 fully saturated rings. The number of aliphatic hydroxyl groups is 1. The van der Waals surface area contributed by atoms with E-state index in [1.54, 1.807) is 6.07 Å². The Morgan fingerprint density at radius 1 is 0.946 bits per heavy atom. The van der Waals surface area contributed by atoms with Gasteiger partial charge >= 0.3 is 0 Å². The topological polar surface area (TPSA) is 128 Å². The molecule has 0 bridgehead atoms. The summed E-state index contributed by atoms with van der Waals surface area (Å²) in [6, 6.07) is 22.3. The molecule has 0 saturated heterocycles. The number of carbonyl (C=O) groups excluding carboxylic acids is 1. The van der Waals surface area contributed by atoms with E-state index in [1.165, 1.54) is 17.7 Å². The summed E-state index contributed by atoms with van der Waals surface area (Å²) >= 11 is 0. The maximum Gasteiger partial charge on any atom is 0.229 e. The highest BCUT2D eigenvalue weighted by molar-refractivity contribution is 7.92. The highest BCUT2D eigenvalue weighted by Gasteiger charge is 2.14. The average Bonchev–Trinajstić information content (AvgIpc) is 2.84. The number of hydrogen-bond acceptors (Lipinski definition) is 6. The number of aliphatic hydroxyl groups excluding tert-OH is 1. The fraction of sp³-hybridized carbons (Fsp3) is 0.321. The van der Waals surface area contributed by atoms with Crippen LogP contribution >= 0.6 is 0 Å². The van der Waals surface area contributed by atoms with Crippen LogP contribution in [0.2, 0.25) is 0 Å². The van der Waals surface area contributed by atoms with Gasteiger partial charge in [-0.1, -0.05) is 60.7 Å². The first-order valence-corrected chi connectivity index (χ1v) is 14.1. The van der Waals surface area contributed by atoms with Crippen LogP contribution in [0.5, 0.6) is 5.75 Å². The minimum absolute atomic E-state index is 0.0130. The molecule has 9 heteroatoms. The number of hydrogen-bond donors (Lipinski definition) is 5. The first kappa shape index (κ1) is 28.2. The second-order valence-electron chi connectivity index (χ2n) is 9.26. The molecular formula is C28H35N3O5S. The number of sulfonamides is 1. The van der Waals surface area contributed by atoms with Crippen LogP contribution in [-0.4, -0.2) is 49.9 Å². The van der Waals surface area contributed by atoms with Crippen LogP contribution < -0.4 is 15.4 Å². The SMILES string of the molecule is C[C@H](Cc1cccc(CC(=O)NCCc2ccccc2)c1)NC[C@H](O)c1ccc(O)c(NS(C)(=O)=O)c1. The van der Waals surface area contributed by atoms with E-state index in [4.69, 9.17) is 0 Å². The van der Waals surface area contributed by atoms with Crippen molar-refractivity contribution in [2.24, 2.45) is 0 Å². The van der Waals surface area contributed by atoms with Gasteiger partial charge in [-0.25, -0.2) is 8.42 Å². The number of amides is 1. The van der Waals surface area contributed by atoms with Crippen molar-refractivity contribution in [2.45, 2.75) is 38.3 Å². The Kier molecular flexibility index (Phi) is 10.1. The molecule has 2 atom stereocenters. The van der Waals surface area contributed by atoms with E-state index in [0.717, 1.165) is 23.8 Å². The highest BCUT2D eigenvalue weighted by Crippen LogP contribution is 2.27. The number of benzene rings is 3. The number of carbonyl (C=O) groups is 1. The zero-order valence-corrected chi connectivity index (χ0v) is 22.0. The Hall–Kier alpha value is -3.40. The van der Waals surface area contributed by atoms with Crippen molar-refractivity contribution in [2.75, 3.05) is 24.1 Å². The first-order chi connectivity index (χ1) is 17.6. The molecule has 0 aliphatic rings. The number of rotatable bonds is 13. The normalized spacial score (nSPS) is 13.1. The maximum absolute atomic E-state index is 12.4. The molecule has 0 aliphatic carbocycles. The lowest BCUT2D eigenvalue weighted by atomic mass is 10.0. The Bertz CT molecular complexity index is 1280. The quantitative estimate of drug-likeness (QED) is 0.218. The molecular weight excluding hydrogens is 490 g/mol. The van der Waals surface area contributed by atoms with Gasteiger partial charge in [-0.15, -0.1) is 0 Å². The summed E-state index contributed by atoms with van der Waals surface area (Å²) in [5, 5.41) is 26.7. The number of phenols is 1. The zero-order valence-electron chi connectivity index (χ0n) is 21.1. The fourth-order valence-corrected chi connectivity index (χ4v) is 4.57. The molecule has 0 aromatic heterocycles. The molecule has 8 nitrogen and oxygen atoms in total. The van der Waals surface area contributed by atoms with E-state index >= 15 is 0 Å². The molecule has 198 valence electrons. The van der Waals surface area contributed by atoms with Crippen LogP contribution in [0.15, 0.2) is 72.8 Å². The van der Waals surface area contributed by atoms with Gasteiger partial charge < -0.3 is 20.8 Å². The third-order valence-corrected chi connectivity index (χ3v) is 6.43. The van der Waals surface area contributed by atoms with Crippen molar-refractivity contribution in [3.8, 4) is 5.75 Å². The lowest BCUT2D eigenvalue weighted by molar-refractivity contribution is -0.120. The van der Waals surface area contributed by atoms with Gasteiger partial charge in [0.25, 0.3) is 0 Å². The Morgan fingerprint density at radius 3 is 2.38 bits per heavy atom. The first-order valence-electron chi connectivity index (χ1n) is 12.2. The summed E-state index contributed by atoms with van der Waals surface area (Å²) in [5.74, 6) is -0.228. The van der Waals surface area contributed by atoms with E-state index in [9.17, 15) is 23.4 Å². The Morgan fingerprint density at radius 2 is 1.65 bits per heavy atom. The standard InChI is InChI=1S/C28H35N3O5S/c1-20(30-19-27(33)24-11-12-26(32)25(18-24)31-37(2,35)36)15-22-9-6-10-23(16-22)17-28(34)29-14-13-21-7-4-3-5-8-21/h3-12,16,18,20,27,30-33H,13-15,17,19H2,1-2H3,(H,29,34)/t20-,27+/m1/s1. The van der Waals surface area contributed by atoms with Crippen LogP contribution in [0.3, 0.4) is 0 Å². The second kappa shape index (κ2) is 13.2. The predicted molar refractivity (Wildman–Crippen MR) is 146 cm³/mol. The fourth-order valence-electron chi connectivity index (χ4n) is 4.00. The molecule has 0 radical (unpaired) electrons. The summed E-state index contributed by atoms with van der Waals surface area (Å²) in [7, 11) is -3.56. The number of phenolic OH excluding ortho intramolecular Hbond substituents is 1. The van der Waals surface area contributed by atoms with Crippen molar-refractivity contribution >= 4 is 21.6 Å². The second-order valence-corrected chi connectivity index (χ2v) is 11.0. The Labute approximate surface area is 218 Å². The van der Waals surface area contributed by atoms with Crippen molar-refractivity contribution in [3.63, 3.8) is 0 Å². The summed E-state index contributed by atoms with van der Waals surface area (Å²) in [6.45, 7) is 2.84. The minimum atomic E-state index is -3.56. The molecule has 37 heavy (non-hydrogen) atoms. The molecule has 0 saturated carbocycles. The van der Waals surface area contributed by atoms with E-state index in [1.807, 2.05) is 61.5 Å². The summed E-state index contributed by atoms with van der Waals surface area (Å²) in [4.78, 5) is 12.4. The molecule has 1 amide bonds. The molecule has 3 aromatic carbocycles. The summed E-state index contributed by atoms with van der Waals surface area (Å²) < 4.78 is 25.2. The largest absolute Gasteiger partial charge is 0.506 e. The van der Waals surface area contributed by atoms with Crippen LogP contribution in [0, 0.1) is 0 Å². The van der Waals surface area contributed by atoms with Crippen LogP contribution in [0.25, 0.3) is 0 Å². The summed E-state index contributed by atoms with van der Waals surface area (Å²) in [5.41, 5.74) is 3.70. The van der Waals surface area contributed by atoms with Gasteiger partial charge in [0.15, 0.2) is 0 Å². The van der Waals surface area contributed by atoms with Gasteiger partial charge in [-0.3, -0.25) is 9.52 Å². The number of nitrogens with one attached hydrogen (secondary N) is 3. The van der Waals surface area contributed by atoms with E-state index < -0.39 is 16.1 Å². The number of anilines is 1. The zero-order chi connectivity index (χ0) is 26.8. The summed E-state index contributed by atoms with van der Waals surface area (Å²) in [6.07, 6.45) is 1.91. The van der Waals surface area contributed by atoms with Crippen LogP contribution in [0.1, 0.15) is 35.3 Å². The van der Waals surface area contributed by atoms with E-state index in [-0.39, 0.29) is 29.9 Å². The monoisotopic (exact) mass is 525 g/mol. The lowest BCUT2D eigenvalue weighted by Crippen LogP contribution is -2.32. The third kappa shape index (κ3) is 9.87. The molecule has 3 aromatic rings. The van der Waals surface area contributed by atoms with E-state index in [2.05, 4.69) is 15.4 Å². The van der Waals surface area contributed by atoms with Gasteiger partial charge in [0.1, 0.15) is 5.75 Å². The van der Waals surface area contributed by atoms with E-state index in [0.29, 0.717) is 24.9 Å².